The van der Waals surface area contributed by atoms with Gasteiger partial charge in [0, 0.05) is 23.0 Å². The predicted molar refractivity (Wildman–Crippen MR) is 64.2 cm³/mol. The maximum Gasteiger partial charge on any atom is 0.137 e. The van der Waals surface area contributed by atoms with Gasteiger partial charge in [-0.2, -0.15) is 0 Å². The molecule has 6 heteroatoms. The summed E-state index contributed by atoms with van der Waals surface area (Å²) in [6, 6.07) is -0.337. The van der Waals surface area contributed by atoms with Crippen LogP contribution in [0.1, 0.15) is 41.0 Å². The molecule has 0 aliphatic rings. The highest BCUT2D eigenvalue weighted by Gasteiger charge is 2.28. The SMILES string of the molecule is CC(C)C[C@@H](CN=[N+]=[N-])N(C(=O)[O-])C(C)(C)C. The van der Waals surface area contributed by atoms with Crippen molar-refractivity contribution >= 4 is 6.09 Å². The lowest BCUT2D eigenvalue weighted by atomic mass is 9.97. The van der Waals surface area contributed by atoms with E-state index in [2.05, 4.69) is 10.0 Å². The molecular weight excluding hydrogens is 220 g/mol. The minimum absolute atomic E-state index is 0.139. The van der Waals surface area contributed by atoms with E-state index in [4.69, 9.17) is 5.53 Å². The van der Waals surface area contributed by atoms with E-state index in [1.807, 2.05) is 13.8 Å². The fourth-order valence-corrected chi connectivity index (χ4v) is 1.91. The second kappa shape index (κ2) is 6.35. The average Bonchev–Trinajstić information content (AvgIpc) is 2.10. The molecule has 0 bridgehead atoms. The third-order valence-electron chi connectivity index (χ3n) is 2.38. The van der Waals surface area contributed by atoms with Crippen molar-refractivity contribution in [2.75, 3.05) is 6.54 Å². The van der Waals surface area contributed by atoms with Crippen LogP contribution >= 0.6 is 0 Å². The summed E-state index contributed by atoms with van der Waals surface area (Å²) in [7, 11) is 0. The van der Waals surface area contributed by atoms with Gasteiger partial charge >= 0.3 is 0 Å². The Morgan fingerprint density at radius 2 is 2.00 bits per heavy atom. The standard InChI is InChI=1S/C11H22N4O2/c1-8(2)6-9(7-13-14-12)15(10(16)17)11(3,4)5/h8-9H,6-7H2,1-5H3,(H,16,17)/p-1/t9-/m0/s1. The number of azide groups is 1. The first-order valence-electron chi connectivity index (χ1n) is 5.71. The van der Waals surface area contributed by atoms with Gasteiger partial charge in [0.1, 0.15) is 6.09 Å². The Balaban J connectivity index is 5.06. The summed E-state index contributed by atoms with van der Waals surface area (Å²) < 4.78 is 0. The molecule has 0 aromatic carbocycles. The summed E-state index contributed by atoms with van der Waals surface area (Å²) in [6.07, 6.45) is -0.583. The van der Waals surface area contributed by atoms with E-state index in [1.54, 1.807) is 20.8 Å². The number of carbonyl (C=O) groups is 1. The monoisotopic (exact) mass is 241 g/mol. The zero-order valence-corrected chi connectivity index (χ0v) is 11.2. The maximum atomic E-state index is 11.2. The molecule has 0 N–H and O–H groups in total. The molecule has 98 valence electrons. The zero-order chi connectivity index (χ0) is 13.6. The molecule has 0 spiro atoms. The fraction of sp³-hybridized carbons (Fsp3) is 0.909. The van der Waals surface area contributed by atoms with Crippen LogP contribution in [0.2, 0.25) is 0 Å². The van der Waals surface area contributed by atoms with Gasteiger partial charge in [-0.15, -0.1) is 0 Å². The first kappa shape index (κ1) is 15.6. The van der Waals surface area contributed by atoms with Crippen LogP contribution in [-0.2, 0) is 0 Å². The van der Waals surface area contributed by atoms with E-state index in [1.165, 1.54) is 4.90 Å². The molecule has 0 radical (unpaired) electrons. The van der Waals surface area contributed by atoms with Crippen molar-refractivity contribution in [2.45, 2.75) is 52.6 Å². The number of nitrogens with zero attached hydrogens (tertiary/aromatic N) is 4. The third-order valence-corrected chi connectivity index (χ3v) is 2.38. The molecule has 0 aromatic heterocycles. The van der Waals surface area contributed by atoms with Crippen LogP contribution in [0.3, 0.4) is 0 Å². The topological polar surface area (TPSA) is 92.1 Å². The maximum absolute atomic E-state index is 11.2. The quantitative estimate of drug-likeness (QED) is 0.419. The summed E-state index contributed by atoms with van der Waals surface area (Å²) in [5.74, 6) is 0.318. The van der Waals surface area contributed by atoms with Gasteiger partial charge in [0.25, 0.3) is 0 Å². The Kier molecular flexibility index (Phi) is 5.82. The van der Waals surface area contributed by atoms with Crippen LogP contribution in [0, 0.1) is 5.92 Å². The highest BCUT2D eigenvalue weighted by atomic mass is 16.4. The van der Waals surface area contributed by atoms with Gasteiger partial charge in [-0.05, 0) is 38.6 Å². The van der Waals surface area contributed by atoms with Gasteiger partial charge in [0.15, 0.2) is 0 Å². The molecule has 0 rings (SSSR count). The van der Waals surface area contributed by atoms with Crippen molar-refractivity contribution in [1.29, 1.82) is 0 Å². The third kappa shape index (κ3) is 5.45. The van der Waals surface area contributed by atoms with Gasteiger partial charge in [-0.25, -0.2) is 0 Å². The second-order valence-electron chi connectivity index (χ2n) is 5.50. The van der Waals surface area contributed by atoms with Crippen LogP contribution in [0.5, 0.6) is 0 Å². The molecule has 0 heterocycles. The highest BCUT2D eigenvalue weighted by Crippen LogP contribution is 2.21. The molecule has 0 aromatic rings. The number of carboxylic acid groups (broad SMARTS) is 1. The first-order chi connectivity index (χ1) is 7.70. The molecule has 17 heavy (non-hydrogen) atoms. The second-order valence-corrected chi connectivity index (χ2v) is 5.50. The van der Waals surface area contributed by atoms with Gasteiger partial charge in [-0.3, -0.25) is 0 Å². The Hall–Kier alpha value is -1.42. The number of hydrogen-bond donors (Lipinski definition) is 0. The number of amides is 1. The molecule has 0 saturated heterocycles. The zero-order valence-electron chi connectivity index (χ0n) is 11.2. The van der Waals surface area contributed by atoms with Gasteiger partial charge in [0.2, 0.25) is 0 Å². The van der Waals surface area contributed by atoms with Crippen molar-refractivity contribution in [2.24, 2.45) is 11.0 Å². The summed E-state index contributed by atoms with van der Waals surface area (Å²) in [5, 5.41) is 14.7. The smallest absolute Gasteiger partial charge is 0.137 e. The molecule has 0 aliphatic carbocycles. The van der Waals surface area contributed by atoms with Crippen LogP contribution in [0.15, 0.2) is 5.11 Å². The minimum Gasteiger partial charge on any atom is -0.530 e. The lowest BCUT2D eigenvalue weighted by Crippen LogP contribution is -2.57. The van der Waals surface area contributed by atoms with E-state index >= 15 is 0 Å². The average molecular weight is 241 g/mol. The van der Waals surface area contributed by atoms with Crippen molar-refractivity contribution in [1.82, 2.24) is 4.90 Å². The molecule has 0 fully saturated rings. The molecule has 6 nitrogen and oxygen atoms in total. The lowest BCUT2D eigenvalue weighted by Gasteiger charge is -2.44. The largest absolute Gasteiger partial charge is 0.530 e. The molecule has 0 unspecified atom stereocenters. The normalized spacial score (nSPS) is 13.1. The molecule has 1 atom stereocenters. The van der Waals surface area contributed by atoms with Crippen LogP contribution in [0.25, 0.3) is 10.4 Å². The Morgan fingerprint density at radius 1 is 1.47 bits per heavy atom. The molecule has 0 aliphatic heterocycles. The van der Waals surface area contributed by atoms with E-state index in [0.29, 0.717) is 12.3 Å². The van der Waals surface area contributed by atoms with E-state index in [-0.39, 0.29) is 12.6 Å². The van der Waals surface area contributed by atoms with Crippen molar-refractivity contribution in [3.63, 3.8) is 0 Å². The van der Waals surface area contributed by atoms with Gasteiger partial charge in [-0.1, -0.05) is 19.0 Å². The summed E-state index contributed by atoms with van der Waals surface area (Å²) in [6.45, 7) is 9.53. The minimum atomic E-state index is -1.23. The lowest BCUT2D eigenvalue weighted by molar-refractivity contribution is -0.273. The molecule has 1 amide bonds. The van der Waals surface area contributed by atoms with E-state index in [9.17, 15) is 9.90 Å². The number of hydrogen-bond acceptors (Lipinski definition) is 3. The van der Waals surface area contributed by atoms with Crippen LogP contribution in [-0.4, -0.2) is 29.1 Å². The van der Waals surface area contributed by atoms with Crippen LogP contribution < -0.4 is 5.11 Å². The highest BCUT2D eigenvalue weighted by molar-refractivity contribution is 5.64. The Morgan fingerprint density at radius 3 is 2.29 bits per heavy atom. The summed E-state index contributed by atoms with van der Waals surface area (Å²) in [4.78, 5) is 15.2. The van der Waals surface area contributed by atoms with Crippen molar-refractivity contribution < 1.29 is 9.90 Å². The Bertz CT molecular complexity index is 303. The first-order valence-corrected chi connectivity index (χ1v) is 5.71. The predicted octanol–water partition coefficient (Wildman–Crippen LogP) is 2.16. The fourth-order valence-electron chi connectivity index (χ4n) is 1.91. The Labute approximate surface area is 102 Å². The number of rotatable bonds is 5. The molecule has 0 saturated carbocycles. The van der Waals surface area contributed by atoms with Gasteiger partial charge < -0.3 is 14.8 Å². The molecular formula is C11H21N4O2-. The van der Waals surface area contributed by atoms with Crippen molar-refractivity contribution in [3.05, 3.63) is 10.4 Å². The summed E-state index contributed by atoms with van der Waals surface area (Å²) in [5.41, 5.74) is 7.78. The van der Waals surface area contributed by atoms with E-state index in [0.717, 1.165) is 0 Å². The van der Waals surface area contributed by atoms with Crippen molar-refractivity contribution in [3.8, 4) is 0 Å². The van der Waals surface area contributed by atoms with E-state index < -0.39 is 11.6 Å². The summed E-state index contributed by atoms with van der Waals surface area (Å²) >= 11 is 0. The van der Waals surface area contributed by atoms with Crippen LogP contribution in [0.4, 0.5) is 4.79 Å². The van der Waals surface area contributed by atoms with Gasteiger partial charge in [0.05, 0.1) is 0 Å². The number of carbonyl (C=O) groups excluding carboxylic acids is 1.